The largest absolute Gasteiger partial charge is 0.338 e. The van der Waals surface area contributed by atoms with E-state index in [1.165, 1.54) is 12.8 Å². The first-order chi connectivity index (χ1) is 7.70. The minimum Gasteiger partial charge on any atom is -0.338 e. The molecule has 1 aliphatic rings. The van der Waals surface area contributed by atoms with E-state index in [9.17, 15) is 0 Å². The molecular weight excluding hydrogens is 204 g/mol. The van der Waals surface area contributed by atoms with Gasteiger partial charge in [-0.1, -0.05) is 19.0 Å². The van der Waals surface area contributed by atoms with Gasteiger partial charge in [-0.15, -0.1) is 0 Å². The molecule has 0 spiro atoms. The third-order valence-corrected chi connectivity index (χ3v) is 3.11. The highest BCUT2D eigenvalue weighted by atomic mass is 16.5. The van der Waals surface area contributed by atoms with E-state index in [1.54, 1.807) is 0 Å². The number of hydrogen-bond acceptors (Lipinski definition) is 5. The maximum absolute atomic E-state index is 5.72. The van der Waals surface area contributed by atoms with Crippen LogP contribution < -0.4 is 5.73 Å². The van der Waals surface area contributed by atoms with Crippen LogP contribution in [0.3, 0.4) is 0 Å². The first kappa shape index (κ1) is 11.5. The third kappa shape index (κ3) is 2.41. The van der Waals surface area contributed by atoms with Gasteiger partial charge in [0.15, 0.2) is 5.82 Å². The SMILES string of the molecule is CC(C)c1noc(CN2CCCC2CN)n1. The van der Waals surface area contributed by atoms with Crippen molar-refractivity contribution >= 4 is 0 Å². The van der Waals surface area contributed by atoms with Crippen LogP contribution in [0, 0.1) is 0 Å². The van der Waals surface area contributed by atoms with Crippen LogP contribution in [0.2, 0.25) is 0 Å². The minimum absolute atomic E-state index is 0.321. The van der Waals surface area contributed by atoms with Gasteiger partial charge in [0, 0.05) is 18.5 Å². The van der Waals surface area contributed by atoms with Crippen LogP contribution >= 0.6 is 0 Å². The fraction of sp³-hybridized carbons (Fsp3) is 0.818. The van der Waals surface area contributed by atoms with Crippen LogP contribution in [0.5, 0.6) is 0 Å². The van der Waals surface area contributed by atoms with Crippen LogP contribution in [0.1, 0.15) is 44.3 Å². The van der Waals surface area contributed by atoms with Gasteiger partial charge in [-0.25, -0.2) is 0 Å². The molecule has 0 aliphatic carbocycles. The summed E-state index contributed by atoms with van der Waals surface area (Å²) in [4.78, 5) is 6.71. The molecule has 2 N–H and O–H groups in total. The maximum Gasteiger partial charge on any atom is 0.240 e. The van der Waals surface area contributed by atoms with Gasteiger partial charge < -0.3 is 10.3 Å². The summed E-state index contributed by atoms with van der Waals surface area (Å²) in [5.41, 5.74) is 5.72. The predicted octanol–water partition coefficient (Wildman–Crippen LogP) is 1.12. The van der Waals surface area contributed by atoms with Crippen molar-refractivity contribution in [1.29, 1.82) is 0 Å². The fourth-order valence-electron chi connectivity index (χ4n) is 2.11. The first-order valence-corrected chi connectivity index (χ1v) is 5.97. The van der Waals surface area contributed by atoms with Crippen molar-refractivity contribution in [2.45, 2.75) is 45.2 Å². The molecule has 1 atom stereocenters. The molecule has 90 valence electrons. The molecule has 0 radical (unpaired) electrons. The van der Waals surface area contributed by atoms with E-state index in [-0.39, 0.29) is 0 Å². The van der Waals surface area contributed by atoms with Gasteiger partial charge in [0.2, 0.25) is 5.89 Å². The Morgan fingerprint density at radius 3 is 3.00 bits per heavy atom. The Hall–Kier alpha value is -0.940. The normalized spacial score (nSPS) is 22.1. The molecule has 0 aromatic carbocycles. The average molecular weight is 224 g/mol. The van der Waals surface area contributed by atoms with Crippen molar-refractivity contribution in [2.75, 3.05) is 13.1 Å². The van der Waals surface area contributed by atoms with Crippen molar-refractivity contribution in [1.82, 2.24) is 15.0 Å². The summed E-state index contributed by atoms with van der Waals surface area (Å²) < 4.78 is 5.24. The van der Waals surface area contributed by atoms with E-state index in [2.05, 4.69) is 28.9 Å². The fourth-order valence-corrected chi connectivity index (χ4v) is 2.11. The number of nitrogens with two attached hydrogens (primary N) is 1. The summed E-state index contributed by atoms with van der Waals surface area (Å²) >= 11 is 0. The molecule has 2 rings (SSSR count). The Morgan fingerprint density at radius 2 is 2.38 bits per heavy atom. The van der Waals surface area contributed by atoms with Crippen LogP contribution in [-0.4, -0.2) is 34.2 Å². The van der Waals surface area contributed by atoms with Crippen LogP contribution in [-0.2, 0) is 6.54 Å². The van der Waals surface area contributed by atoms with Gasteiger partial charge in [0.1, 0.15) is 0 Å². The first-order valence-electron chi connectivity index (χ1n) is 5.97. The number of hydrogen-bond donors (Lipinski definition) is 1. The molecule has 1 saturated heterocycles. The molecule has 1 fully saturated rings. The average Bonchev–Trinajstić information content (AvgIpc) is 2.87. The molecule has 5 heteroatoms. The molecule has 5 nitrogen and oxygen atoms in total. The van der Waals surface area contributed by atoms with Crippen molar-refractivity contribution in [2.24, 2.45) is 5.73 Å². The highest BCUT2D eigenvalue weighted by molar-refractivity contribution is 4.93. The third-order valence-electron chi connectivity index (χ3n) is 3.11. The van der Waals surface area contributed by atoms with E-state index in [1.807, 2.05) is 0 Å². The molecule has 0 amide bonds. The number of aromatic nitrogens is 2. The highest BCUT2D eigenvalue weighted by Gasteiger charge is 2.25. The summed E-state index contributed by atoms with van der Waals surface area (Å²) in [6.07, 6.45) is 2.40. The van der Waals surface area contributed by atoms with Crippen LogP contribution in [0.4, 0.5) is 0 Å². The van der Waals surface area contributed by atoms with Gasteiger partial charge >= 0.3 is 0 Å². The quantitative estimate of drug-likeness (QED) is 0.830. The van der Waals surface area contributed by atoms with E-state index in [0.29, 0.717) is 24.4 Å². The maximum atomic E-state index is 5.72. The standard InChI is InChI=1S/C11H20N4O/c1-8(2)11-13-10(16-14-11)7-15-5-3-4-9(15)6-12/h8-9H,3-7,12H2,1-2H3. The second-order valence-corrected chi connectivity index (χ2v) is 4.70. The van der Waals surface area contributed by atoms with E-state index in [4.69, 9.17) is 10.3 Å². The van der Waals surface area contributed by atoms with E-state index in [0.717, 1.165) is 18.9 Å². The lowest BCUT2D eigenvalue weighted by molar-refractivity contribution is 0.214. The van der Waals surface area contributed by atoms with Gasteiger partial charge in [0.05, 0.1) is 6.54 Å². The number of likely N-dealkylation sites (tertiary alicyclic amines) is 1. The van der Waals surface area contributed by atoms with E-state index < -0.39 is 0 Å². The van der Waals surface area contributed by atoms with Gasteiger partial charge in [-0.3, -0.25) is 4.90 Å². The zero-order valence-corrected chi connectivity index (χ0v) is 10.0. The summed E-state index contributed by atoms with van der Waals surface area (Å²) in [5.74, 6) is 1.82. The Morgan fingerprint density at radius 1 is 1.56 bits per heavy atom. The minimum atomic E-state index is 0.321. The van der Waals surface area contributed by atoms with Crippen molar-refractivity contribution in [3.05, 3.63) is 11.7 Å². The lowest BCUT2D eigenvalue weighted by Gasteiger charge is -2.20. The zero-order valence-electron chi connectivity index (χ0n) is 10.0. The Kier molecular flexibility index (Phi) is 3.56. The van der Waals surface area contributed by atoms with Crippen molar-refractivity contribution < 1.29 is 4.52 Å². The Labute approximate surface area is 96.0 Å². The van der Waals surface area contributed by atoms with Crippen LogP contribution in [0.25, 0.3) is 0 Å². The Bertz CT molecular complexity index is 336. The summed E-state index contributed by atoms with van der Waals surface area (Å²) in [6, 6.07) is 0.481. The second-order valence-electron chi connectivity index (χ2n) is 4.70. The number of rotatable bonds is 4. The molecular formula is C11H20N4O. The van der Waals surface area contributed by atoms with E-state index >= 15 is 0 Å². The molecule has 1 aliphatic heterocycles. The summed E-state index contributed by atoms with van der Waals surface area (Å²) in [7, 11) is 0. The van der Waals surface area contributed by atoms with Gasteiger partial charge in [-0.05, 0) is 19.4 Å². The van der Waals surface area contributed by atoms with Crippen molar-refractivity contribution in [3.63, 3.8) is 0 Å². The second kappa shape index (κ2) is 4.93. The van der Waals surface area contributed by atoms with Gasteiger partial charge in [0.25, 0.3) is 0 Å². The monoisotopic (exact) mass is 224 g/mol. The lowest BCUT2D eigenvalue weighted by atomic mass is 10.2. The number of nitrogens with zero attached hydrogens (tertiary/aromatic N) is 3. The molecule has 2 heterocycles. The predicted molar refractivity (Wildman–Crippen MR) is 60.9 cm³/mol. The molecule has 1 aromatic rings. The van der Waals surface area contributed by atoms with Crippen molar-refractivity contribution in [3.8, 4) is 0 Å². The highest BCUT2D eigenvalue weighted by Crippen LogP contribution is 2.19. The molecule has 16 heavy (non-hydrogen) atoms. The molecule has 1 aromatic heterocycles. The topological polar surface area (TPSA) is 68.2 Å². The molecule has 0 bridgehead atoms. The molecule has 0 saturated carbocycles. The van der Waals surface area contributed by atoms with Crippen LogP contribution in [0.15, 0.2) is 4.52 Å². The Balaban J connectivity index is 1.97. The lowest BCUT2D eigenvalue weighted by Crippen LogP contribution is -2.34. The summed E-state index contributed by atoms with van der Waals surface area (Å²) in [5, 5.41) is 3.96. The smallest absolute Gasteiger partial charge is 0.240 e. The summed E-state index contributed by atoms with van der Waals surface area (Å²) in [6.45, 7) is 6.66. The molecule has 1 unspecified atom stereocenters. The van der Waals surface area contributed by atoms with Gasteiger partial charge in [-0.2, -0.15) is 4.98 Å². The zero-order chi connectivity index (χ0) is 11.5.